The molecule has 2 aromatic heterocycles. The molecule has 0 bridgehead atoms. The first-order valence-electron chi connectivity index (χ1n) is 11.1. The van der Waals surface area contributed by atoms with Crippen LogP contribution in [0.15, 0.2) is 12.1 Å². The predicted molar refractivity (Wildman–Crippen MR) is 112 cm³/mol. The van der Waals surface area contributed by atoms with Crippen molar-refractivity contribution < 1.29 is 66.9 Å². The van der Waals surface area contributed by atoms with Crippen LogP contribution >= 0.6 is 0 Å². The van der Waals surface area contributed by atoms with Gasteiger partial charge in [-0.1, -0.05) is 0 Å². The van der Waals surface area contributed by atoms with Gasteiger partial charge in [-0.3, -0.25) is 0 Å². The third-order valence-corrected chi connectivity index (χ3v) is 5.63. The molecule has 0 spiro atoms. The summed E-state index contributed by atoms with van der Waals surface area (Å²) < 4.78 is 72.7. The molecule has 0 atom stereocenters. The second-order valence-electron chi connectivity index (χ2n) is 9.04. The average Bonchev–Trinajstić information content (AvgIpc) is 2.61. The molecule has 0 saturated heterocycles. The van der Waals surface area contributed by atoms with E-state index in [0.29, 0.717) is 12.1 Å². The van der Waals surface area contributed by atoms with Crippen LogP contribution in [-0.4, -0.2) is 0 Å². The van der Waals surface area contributed by atoms with E-state index in [2.05, 4.69) is 104 Å². The van der Waals surface area contributed by atoms with E-state index < -0.39 is 20.5 Å². The molecule has 2 aromatic rings. The van der Waals surface area contributed by atoms with Crippen LogP contribution < -0.4 is 46.4 Å². The van der Waals surface area contributed by atoms with Crippen molar-refractivity contribution in [2.45, 2.75) is 95.2 Å². The van der Waals surface area contributed by atoms with Crippen LogP contribution in [0.2, 0.25) is 0 Å². The molecule has 0 aromatic carbocycles. The highest BCUT2D eigenvalue weighted by Gasteiger charge is 2.18. The van der Waals surface area contributed by atoms with Gasteiger partial charge >= 0.3 is 0 Å². The summed E-state index contributed by atoms with van der Waals surface area (Å²) in [4.78, 5) is 0. The zero-order chi connectivity index (χ0) is 29.3. The van der Waals surface area contributed by atoms with Crippen molar-refractivity contribution in [1.82, 2.24) is 0 Å². The summed E-state index contributed by atoms with van der Waals surface area (Å²) in [5.74, 6) is 0. The number of hydrogen-bond acceptors (Lipinski definition) is 8. The SMILES string of the molecule is Cc1cc(C)[n+](C(C)C)c(C)c1C.Cc1cc(C)[n+](C(C)C)c(C)c1C.[O-][Cl+3]([O-])([O-])[O-].[O-][Cl+3]([O-])([O-])[O-]. The predicted octanol–water partition coefficient (Wildman–Crippen LogP) is -3.93. The van der Waals surface area contributed by atoms with Crippen molar-refractivity contribution in [2.24, 2.45) is 0 Å². The van der Waals surface area contributed by atoms with Gasteiger partial charge in [0.25, 0.3) is 0 Å². The number of pyridine rings is 2. The lowest BCUT2D eigenvalue weighted by Crippen LogP contribution is -2.68. The fourth-order valence-electron chi connectivity index (χ4n) is 4.03. The van der Waals surface area contributed by atoms with Gasteiger partial charge in [-0.25, -0.2) is 37.3 Å². The molecule has 0 aliphatic carbocycles. The minimum atomic E-state index is -4.94. The smallest absolute Gasteiger partial charge is 0.181 e. The van der Waals surface area contributed by atoms with E-state index in [1.165, 1.54) is 45.0 Å². The lowest BCUT2D eigenvalue weighted by molar-refractivity contribution is -2.00. The normalized spacial score (nSPS) is 11.3. The van der Waals surface area contributed by atoms with Crippen LogP contribution in [0.5, 0.6) is 0 Å². The van der Waals surface area contributed by atoms with Gasteiger partial charge < -0.3 is 0 Å². The maximum absolute atomic E-state index is 8.49. The Morgan fingerprint density at radius 3 is 0.861 bits per heavy atom. The van der Waals surface area contributed by atoms with Gasteiger partial charge in [-0.05, 0) is 66.5 Å². The van der Waals surface area contributed by atoms with E-state index in [9.17, 15) is 0 Å². The van der Waals surface area contributed by atoms with E-state index in [4.69, 9.17) is 37.3 Å². The van der Waals surface area contributed by atoms with Crippen molar-refractivity contribution >= 4 is 0 Å². The minimum absolute atomic E-state index is 0.555. The Kier molecular flexibility index (Phi) is 15.4. The summed E-state index contributed by atoms with van der Waals surface area (Å²) in [6.45, 7) is 26.4. The first-order chi connectivity index (χ1) is 15.9. The maximum atomic E-state index is 8.49. The highest BCUT2D eigenvalue weighted by atomic mass is 35.7. The lowest BCUT2D eigenvalue weighted by atomic mass is 10.1. The number of aromatic nitrogens is 2. The number of nitrogens with zero attached hydrogens (tertiary/aromatic N) is 2. The Morgan fingerprint density at radius 2 is 0.694 bits per heavy atom. The summed E-state index contributed by atoms with van der Waals surface area (Å²) >= 11 is 0. The molecule has 2 heterocycles. The van der Waals surface area contributed by atoms with E-state index in [1.54, 1.807) is 0 Å². The zero-order valence-electron chi connectivity index (χ0n) is 23.2. The quantitative estimate of drug-likeness (QED) is 0.335. The molecule has 0 aliphatic rings. The zero-order valence-corrected chi connectivity index (χ0v) is 24.7. The van der Waals surface area contributed by atoms with Crippen LogP contribution in [0.25, 0.3) is 0 Å². The third kappa shape index (κ3) is 15.0. The molecule has 36 heavy (non-hydrogen) atoms. The van der Waals surface area contributed by atoms with Crippen LogP contribution in [-0.2, 0) is 0 Å². The van der Waals surface area contributed by atoms with Gasteiger partial charge in [0.15, 0.2) is 34.9 Å². The lowest BCUT2D eigenvalue weighted by Gasteiger charge is -2.17. The fourth-order valence-corrected chi connectivity index (χ4v) is 4.03. The maximum Gasteiger partial charge on any atom is 0.181 e. The van der Waals surface area contributed by atoms with Crippen molar-refractivity contribution in [2.75, 3.05) is 0 Å². The molecule has 0 unspecified atom stereocenters. The van der Waals surface area contributed by atoms with Crippen LogP contribution in [0.3, 0.4) is 0 Å². The van der Waals surface area contributed by atoms with Gasteiger partial charge in [-0.15, -0.1) is 20.5 Å². The van der Waals surface area contributed by atoms with Crippen LogP contribution in [0.1, 0.15) is 84.8 Å². The molecule has 10 nitrogen and oxygen atoms in total. The van der Waals surface area contributed by atoms with Crippen molar-refractivity contribution in [1.29, 1.82) is 0 Å². The van der Waals surface area contributed by atoms with Gasteiger partial charge in [0.1, 0.15) is 0 Å². The van der Waals surface area contributed by atoms with Crippen LogP contribution in [0.4, 0.5) is 0 Å². The number of hydrogen-bond donors (Lipinski definition) is 0. The van der Waals surface area contributed by atoms with E-state index in [1.807, 2.05) is 0 Å². The Morgan fingerprint density at radius 1 is 0.500 bits per heavy atom. The molecule has 0 saturated carbocycles. The fraction of sp³-hybridized carbons (Fsp3) is 0.583. The molecule has 0 fully saturated rings. The molecular formula is C24H40Cl2N2O8. The molecule has 0 amide bonds. The number of aryl methyl sites for hydroxylation is 4. The van der Waals surface area contributed by atoms with E-state index in [-0.39, 0.29) is 0 Å². The molecule has 12 heteroatoms. The largest absolute Gasteiger partial charge is 0.222 e. The first-order valence-corrected chi connectivity index (χ1v) is 13.6. The summed E-state index contributed by atoms with van der Waals surface area (Å²) in [5.41, 5.74) is 11.1. The third-order valence-electron chi connectivity index (χ3n) is 5.63. The Hall–Kier alpha value is -1.44. The highest BCUT2D eigenvalue weighted by Crippen LogP contribution is 2.13. The summed E-state index contributed by atoms with van der Waals surface area (Å²) in [6, 6.07) is 5.64. The van der Waals surface area contributed by atoms with E-state index in [0.717, 1.165) is 0 Å². The Bertz CT molecular complexity index is 895. The topological polar surface area (TPSA) is 192 Å². The van der Waals surface area contributed by atoms with Gasteiger partial charge in [-0.2, -0.15) is 9.13 Å². The Labute approximate surface area is 219 Å². The molecule has 0 N–H and O–H groups in total. The van der Waals surface area contributed by atoms with Crippen molar-refractivity contribution in [3.63, 3.8) is 0 Å². The van der Waals surface area contributed by atoms with Gasteiger partial charge in [0.2, 0.25) is 0 Å². The summed E-state index contributed by atoms with van der Waals surface area (Å²) in [7, 11) is -9.89. The monoisotopic (exact) mass is 554 g/mol. The van der Waals surface area contributed by atoms with E-state index >= 15 is 0 Å². The molecule has 208 valence electrons. The summed E-state index contributed by atoms with van der Waals surface area (Å²) in [6.07, 6.45) is 0. The molecule has 0 aliphatic heterocycles. The van der Waals surface area contributed by atoms with Crippen LogP contribution in [0, 0.1) is 75.9 Å². The highest BCUT2D eigenvalue weighted by molar-refractivity contribution is 5.26. The molecule has 0 radical (unpaired) electrons. The standard InChI is InChI=1S/2C12H20N.2ClHO4/c2*1-8(2)13-10(4)7-9(3)11(5)12(13)6;2*2-1(3,4)5/h2*7-8H,1-6H3;2*(H,2,3,4,5)/q2*+1;;/p-2. The van der Waals surface area contributed by atoms with Crippen molar-refractivity contribution in [3.8, 4) is 0 Å². The first kappa shape index (κ1) is 36.7. The second-order valence-corrected chi connectivity index (χ2v) is 10.6. The second kappa shape index (κ2) is 15.1. The Balaban J connectivity index is 0. The molecule has 2 rings (SSSR count). The molecular weight excluding hydrogens is 515 g/mol. The van der Waals surface area contributed by atoms with Gasteiger partial charge in [0.05, 0.1) is 0 Å². The van der Waals surface area contributed by atoms with Gasteiger partial charge in [0, 0.05) is 51.0 Å². The number of rotatable bonds is 2. The summed E-state index contributed by atoms with van der Waals surface area (Å²) in [5, 5.41) is 0. The number of halogens is 2. The average molecular weight is 555 g/mol. The minimum Gasteiger partial charge on any atom is -0.222 e. The van der Waals surface area contributed by atoms with Crippen molar-refractivity contribution in [3.05, 3.63) is 57.2 Å².